The average Bonchev–Trinajstić information content (AvgIpc) is 3.16. The lowest BCUT2D eigenvalue weighted by molar-refractivity contribution is 0.190. The standard InChI is InChI=1S/C15H15N5OS/c1-10-14-11(5-9-22-14)4-8-19(10)15(21)18-13-2-6-16-12-3-7-17-20(12)13/h2-3,5-7,9-10H,4,8H2,1H3,(H,18,21). The number of aromatic nitrogens is 3. The van der Waals surface area contributed by atoms with Gasteiger partial charge in [-0.15, -0.1) is 11.3 Å². The van der Waals surface area contributed by atoms with Crippen molar-refractivity contribution in [3.63, 3.8) is 0 Å². The van der Waals surface area contributed by atoms with Crippen molar-refractivity contribution in [2.24, 2.45) is 0 Å². The Morgan fingerprint density at radius 2 is 2.27 bits per heavy atom. The molecule has 1 N–H and O–H groups in total. The smallest absolute Gasteiger partial charge is 0.317 e. The van der Waals surface area contributed by atoms with Crippen LogP contribution in [0.2, 0.25) is 0 Å². The maximum absolute atomic E-state index is 12.6. The first-order valence-corrected chi connectivity index (χ1v) is 8.04. The number of rotatable bonds is 1. The number of fused-ring (bicyclic) bond motifs is 2. The third kappa shape index (κ3) is 2.05. The van der Waals surface area contributed by atoms with Gasteiger partial charge in [0.1, 0.15) is 5.82 Å². The van der Waals surface area contributed by atoms with Crippen LogP contribution >= 0.6 is 11.3 Å². The van der Waals surface area contributed by atoms with Gasteiger partial charge in [0.25, 0.3) is 0 Å². The minimum atomic E-state index is -0.102. The van der Waals surface area contributed by atoms with Gasteiger partial charge in [-0.2, -0.15) is 9.61 Å². The highest BCUT2D eigenvalue weighted by Crippen LogP contribution is 2.33. The first-order chi connectivity index (χ1) is 10.7. The van der Waals surface area contributed by atoms with Crippen molar-refractivity contribution in [1.29, 1.82) is 0 Å². The molecule has 3 aromatic heterocycles. The summed E-state index contributed by atoms with van der Waals surface area (Å²) >= 11 is 1.72. The molecule has 1 unspecified atom stereocenters. The summed E-state index contributed by atoms with van der Waals surface area (Å²) in [6.45, 7) is 2.80. The third-order valence-corrected chi connectivity index (χ3v) is 5.17. The summed E-state index contributed by atoms with van der Waals surface area (Å²) in [5, 5.41) is 9.23. The Morgan fingerprint density at radius 1 is 1.36 bits per heavy atom. The highest BCUT2D eigenvalue weighted by Gasteiger charge is 2.28. The van der Waals surface area contributed by atoms with Gasteiger partial charge < -0.3 is 4.90 Å². The molecule has 3 aromatic rings. The summed E-state index contributed by atoms with van der Waals surface area (Å²) in [5.41, 5.74) is 2.07. The molecule has 0 spiro atoms. The van der Waals surface area contributed by atoms with Crippen molar-refractivity contribution in [2.45, 2.75) is 19.4 Å². The second-order valence-corrected chi connectivity index (χ2v) is 6.24. The normalized spacial score (nSPS) is 17.5. The van der Waals surface area contributed by atoms with E-state index in [0.717, 1.165) is 13.0 Å². The second kappa shape index (κ2) is 5.10. The Balaban J connectivity index is 1.59. The summed E-state index contributed by atoms with van der Waals surface area (Å²) in [6, 6.07) is 5.70. The van der Waals surface area contributed by atoms with Gasteiger partial charge in [-0.1, -0.05) is 0 Å². The first-order valence-electron chi connectivity index (χ1n) is 7.16. The van der Waals surface area contributed by atoms with Crippen LogP contribution in [0.3, 0.4) is 0 Å². The van der Waals surface area contributed by atoms with E-state index in [1.54, 1.807) is 40.4 Å². The van der Waals surface area contributed by atoms with Gasteiger partial charge in [-0.25, -0.2) is 9.78 Å². The van der Waals surface area contributed by atoms with E-state index in [1.807, 2.05) is 4.90 Å². The molecular formula is C15H15N5OS. The van der Waals surface area contributed by atoms with Crippen molar-refractivity contribution in [1.82, 2.24) is 19.5 Å². The fourth-order valence-corrected chi connectivity index (χ4v) is 3.91. The molecule has 1 aliphatic heterocycles. The number of carbonyl (C=O) groups is 1. The third-order valence-electron chi connectivity index (χ3n) is 4.04. The van der Waals surface area contributed by atoms with Gasteiger partial charge in [-0.3, -0.25) is 5.32 Å². The Labute approximate surface area is 131 Å². The molecule has 6 nitrogen and oxygen atoms in total. The monoisotopic (exact) mass is 313 g/mol. The van der Waals surface area contributed by atoms with Crippen LogP contribution in [0.15, 0.2) is 36.0 Å². The molecule has 1 atom stereocenters. The number of amides is 2. The quantitative estimate of drug-likeness (QED) is 0.751. The van der Waals surface area contributed by atoms with Gasteiger partial charge in [0.05, 0.1) is 12.2 Å². The lowest BCUT2D eigenvalue weighted by Gasteiger charge is -2.33. The molecule has 4 heterocycles. The Hall–Kier alpha value is -2.41. The van der Waals surface area contributed by atoms with Crippen LogP contribution in [-0.4, -0.2) is 32.1 Å². The van der Waals surface area contributed by atoms with Gasteiger partial charge in [-0.05, 0) is 36.4 Å². The van der Waals surface area contributed by atoms with Crippen LogP contribution in [0.25, 0.3) is 5.65 Å². The minimum Gasteiger partial charge on any atom is -0.317 e. The molecule has 0 radical (unpaired) electrons. The predicted octanol–water partition coefficient (Wildman–Crippen LogP) is 2.94. The van der Waals surface area contributed by atoms with Crippen molar-refractivity contribution < 1.29 is 4.79 Å². The van der Waals surface area contributed by atoms with Crippen LogP contribution in [-0.2, 0) is 6.42 Å². The van der Waals surface area contributed by atoms with Crippen LogP contribution in [0.5, 0.6) is 0 Å². The van der Waals surface area contributed by atoms with Crippen LogP contribution in [0.4, 0.5) is 10.6 Å². The van der Waals surface area contributed by atoms with Gasteiger partial charge in [0.15, 0.2) is 5.65 Å². The minimum absolute atomic E-state index is 0.0960. The summed E-state index contributed by atoms with van der Waals surface area (Å²) < 4.78 is 1.63. The molecular weight excluding hydrogens is 298 g/mol. The molecule has 1 aliphatic rings. The van der Waals surface area contributed by atoms with Gasteiger partial charge in [0, 0.05) is 23.7 Å². The number of nitrogens with one attached hydrogen (secondary N) is 1. The van der Waals surface area contributed by atoms with E-state index in [4.69, 9.17) is 0 Å². The maximum Gasteiger partial charge on any atom is 0.323 e. The molecule has 4 rings (SSSR count). The molecule has 112 valence electrons. The summed E-state index contributed by atoms with van der Waals surface area (Å²) in [5.74, 6) is 0.629. The van der Waals surface area contributed by atoms with E-state index >= 15 is 0 Å². The first kappa shape index (κ1) is 13.3. The van der Waals surface area contributed by atoms with E-state index in [1.165, 1.54) is 10.4 Å². The molecule has 7 heteroatoms. The Kier molecular flexibility index (Phi) is 3.07. The molecule has 0 saturated carbocycles. The topological polar surface area (TPSA) is 62.5 Å². The molecule has 0 aromatic carbocycles. The maximum atomic E-state index is 12.6. The molecule has 0 aliphatic carbocycles. The second-order valence-electron chi connectivity index (χ2n) is 5.29. The average molecular weight is 313 g/mol. The fourth-order valence-electron chi connectivity index (χ4n) is 2.88. The zero-order chi connectivity index (χ0) is 15.1. The lowest BCUT2D eigenvalue weighted by atomic mass is 10.0. The highest BCUT2D eigenvalue weighted by molar-refractivity contribution is 7.10. The number of carbonyl (C=O) groups excluding carboxylic acids is 1. The summed E-state index contributed by atoms with van der Waals surface area (Å²) in [7, 11) is 0. The SMILES string of the molecule is CC1c2sccc2CCN1C(=O)Nc1ccnc2ccnn12. The number of hydrogen-bond donors (Lipinski definition) is 1. The number of thiophene rings is 1. The number of urea groups is 1. The molecule has 2 amide bonds. The summed E-state index contributed by atoms with van der Waals surface area (Å²) in [4.78, 5) is 20.0. The molecule has 22 heavy (non-hydrogen) atoms. The zero-order valence-electron chi connectivity index (χ0n) is 12.1. The number of anilines is 1. The van der Waals surface area contributed by atoms with Crippen molar-refractivity contribution >= 4 is 28.8 Å². The van der Waals surface area contributed by atoms with Crippen molar-refractivity contribution in [3.05, 3.63) is 46.4 Å². The van der Waals surface area contributed by atoms with Gasteiger partial charge >= 0.3 is 6.03 Å². The lowest BCUT2D eigenvalue weighted by Crippen LogP contribution is -2.41. The van der Waals surface area contributed by atoms with Crippen molar-refractivity contribution in [2.75, 3.05) is 11.9 Å². The van der Waals surface area contributed by atoms with E-state index in [0.29, 0.717) is 11.5 Å². The van der Waals surface area contributed by atoms with E-state index in [-0.39, 0.29) is 12.1 Å². The highest BCUT2D eigenvalue weighted by atomic mass is 32.1. The summed E-state index contributed by atoms with van der Waals surface area (Å²) in [6.07, 6.45) is 4.24. The van der Waals surface area contributed by atoms with Crippen molar-refractivity contribution in [3.8, 4) is 0 Å². The Morgan fingerprint density at radius 3 is 3.18 bits per heavy atom. The number of nitrogens with zero attached hydrogens (tertiary/aromatic N) is 4. The van der Waals surface area contributed by atoms with E-state index < -0.39 is 0 Å². The van der Waals surface area contributed by atoms with Crippen LogP contribution in [0.1, 0.15) is 23.4 Å². The molecule has 0 saturated heterocycles. The predicted molar refractivity (Wildman–Crippen MR) is 85.1 cm³/mol. The van der Waals surface area contributed by atoms with Crippen LogP contribution in [0, 0.1) is 0 Å². The molecule has 0 fully saturated rings. The largest absolute Gasteiger partial charge is 0.323 e. The molecule has 0 bridgehead atoms. The van der Waals surface area contributed by atoms with Gasteiger partial charge in [0.2, 0.25) is 0 Å². The van der Waals surface area contributed by atoms with Crippen LogP contribution < -0.4 is 5.32 Å². The zero-order valence-corrected chi connectivity index (χ0v) is 12.9. The van der Waals surface area contributed by atoms with E-state index in [2.05, 4.69) is 33.8 Å². The van der Waals surface area contributed by atoms with E-state index in [9.17, 15) is 4.79 Å². The Bertz CT molecular complexity index is 839. The number of hydrogen-bond acceptors (Lipinski definition) is 4. The fraction of sp³-hybridized carbons (Fsp3) is 0.267.